The molecule has 1 aliphatic heterocycles. The fourth-order valence-corrected chi connectivity index (χ4v) is 20.0. The van der Waals surface area contributed by atoms with Gasteiger partial charge in [-0.15, -0.1) is 0 Å². The van der Waals surface area contributed by atoms with E-state index in [4.69, 9.17) is 0 Å². The summed E-state index contributed by atoms with van der Waals surface area (Å²) in [5.41, 5.74) is 11.8. The van der Waals surface area contributed by atoms with Crippen molar-refractivity contribution in [3.05, 3.63) is 130 Å². The molecule has 3 aliphatic rings. The normalized spacial score (nSPS) is 19.5. The monoisotopic (exact) mass is 598 g/mol. The van der Waals surface area contributed by atoms with Crippen molar-refractivity contribution in [2.24, 2.45) is 0 Å². The third-order valence-electron chi connectivity index (χ3n) is 8.07. The van der Waals surface area contributed by atoms with Crippen LogP contribution in [0.5, 0.6) is 0 Å². The predicted molar refractivity (Wildman–Crippen MR) is 143 cm³/mol. The Bertz CT molecular complexity index is 1390. The molecule has 36 heavy (non-hydrogen) atoms. The zero-order valence-electron chi connectivity index (χ0n) is 20.3. The largest absolute Gasteiger partial charge is 1.00 e. The molecule has 1 fully saturated rings. The summed E-state index contributed by atoms with van der Waals surface area (Å²) in [4.78, 5) is 0. The summed E-state index contributed by atoms with van der Waals surface area (Å²) in [6.07, 6.45) is 5.26. The number of hydrogen-bond acceptors (Lipinski definition) is 0. The molecule has 2 unspecified atom stereocenters. The van der Waals surface area contributed by atoms with Gasteiger partial charge in [-0.2, -0.15) is 0 Å². The van der Waals surface area contributed by atoms with E-state index >= 15 is 0 Å². The predicted octanol–water partition coefficient (Wildman–Crippen LogP) is 2.49. The van der Waals surface area contributed by atoms with E-state index in [1.54, 1.807) is 21.5 Å². The van der Waals surface area contributed by atoms with Gasteiger partial charge in [0.2, 0.25) is 0 Å². The summed E-state index contributed by atoms with van der Waals surface area (Å²) in [7, 11) is -1.73. The third-order valence-corrected chi connectivity index (χ3v) is 17.9. The molecule has 0 N–H and O–H groups in total. The Labute approximate surface area is 239 Å². The second kappa shape index (κ2) is 9.73. The summed E-state index contributed by atoms with van der Waals surface area (Å²) >= 11 is -0.774. The maximum absolute atomic E-state index is 2.63. The van der Waals surface area contributed by atoms with E-state index in [9.17, 15) is 0 Å². The first-order valence-electron chi connectivity index (χ1n) is 12.2. The first-order valence-corrected chi connectivity index (χ1v) is 18.0. The van der Waals surface area contributed by atoms with Crippen LogP contribution in [0.15, 0.2) is 107 Å². The summed E-state index contributed by atoms with van der Waals surface area (Å²) in [6.45, 7) is 5.23. The number of benzene rings is 4. The van der Waals surface area contributed by atoms with Crippen LogP contribution in [0.4, 0.5) is 0 Å². The van der Waals surface area contributed by atoms with Crippen molar-refractivity contribution in [2.75, 3.05) is 0 Å². The Morgan fingerprint density at radius 1 is 0.528 bits per heavy atom. The van der Waals surface area contributed by atoms with Crippen molar-refractivity contribution in [2.45, 2.75) is 20.3 Å². The second-order valence-electron chi connectivity index (χ2n) is 10.2. The van der Waals surface area contributed by atoms with Gasteiger partial charge >= 0.3 is 216 Å². The molecule has 1 heterocycles. The van der Waals surface area contributed by atoms with Crippen LogP contribution in [0.1, 0.15) is 29.5 Å². The fraction of sp³-hybridized carbons (Fsp3) is 0.125. The van der Waals surface area contributed by atoms with E-state index in [0.717, 1.165) is 7.25 Å². The molecule has 0 amide bonds. The van der Waals surface area contributed by atoms with Crippen molar-refractivity contribution < 1.29 is 48.0 Å². The first kappa shape index (κ1) is 25.7. The Morgan fingerprint density at radius 3 is 1.36 bits per heavy atom. The molecule has 0 spiro atoms. The van der Waals surface area contributed by atoms with E-state index in [1.807, 2.05) is 0 Å². The van der Waals surface area contributed by atoms with E-state index < -0.39 is 31.3 Å². The maximum atomic E-state index is 2.63. The Balaban J connectivity index is 0.00000133. The van der Waals surface area contributed by atoms with Gasteiger partial charge in [0.15, 0.2) is 0 Å². The van der Waals surface area contributed by atoms with Crippen molar-refractivity contribution in [3.8, 4) is 22.3 Å². The van der Waals surface area contributed by atoms with Gasteiger partial charge in [-0.25, -0.2) is 0 Å². The molecule has 2 aliphatic carbocycles. The summed E-state index contributed by atoms with van der Waals surface area (Å²) in [6, 6.07) is 36.0. The number of hydrogen-bond donors (Lipinski definition) is 0. The molecule has 176 valence electrons. The zero-order chi connectivity index (χ0) is 22.9. The van der Waals surface area contributed by atoms with Crippen LogP contribution >= 0.6 is 0 Å². The summed E-state index contributed by atoms with van der Waals surface area (Å²) in [5, 5.41) is 3.60. The molecule has 0 aromatic heterocycles. The fourth-order valence-electron chi connectivity index (χ4n) is 6.32. The molecule has 4 aromatic carbocycles. The van der Waals surface area contributed by atoms with Gasteiger partial charge in [0.05, 0.1) is 0 Å². The van der Waals surface area contributed by atoms with Crippen molar-refractivity contribution in [3.63, 3.8) is 0 Å². The molecule has 7 rings (SSSR count). The summed E-state index contributed by atoms with van der Waals surface area (Å²) < 4.78 is 1.44. The molecule has 4 heteroatoms. The first-order chi connectivity index (χ1) is 16.6. The number of allylic oxidation sites excluding steroid dienone is 2. The number of halogens is 2. The molecule has 4 aromatic rings. The van der Waals surface area contributed by atoms with Crippen LogP contribution in [-0.4, -0.2) is 8.07 Å². The van der Waals surface area contributed by atoms with Gasteiger partial charge < -0.3 is 24.8 Å². The minimum atomic E-state index is -1.73. The molecule has 0 saturated carbocycles. The van der Waals surface area contributed by atoms with Gasteiger partial charge in [0.1, 0.15) is 0 Å². The van der Waals surface area contributed by atoms with Gasteiger partial charge in [-0.05, 0) is 0 Å². The minimum absolute atomic E-state index is 0. The van der Waals surface area contributed by atoms with Crippen molar-refractivity contribution >= 4 is 20.2 Å². The Hall–Kier alpha value is -1.96. The standard InChI is InChI=1S/C32H26Si.2ClH.Zr/c1-33(2,27-19-25-15-9-17-29(31(25)21-27)23-11-5-3-6-12-23)28-20-26-16-10-18-30(32(26)22-28)24-13-7-4-8-14-24;;;/h3-22H,1-2H3;2*1H;/q;;;+2/p-2. The van der Waals surface area contributed by atoms with Crippen molar-refractivity contribution in [1.29, 1.82) is 0 Å². The Kier molecular flexibility index (Phi) is 6.94. The Morgan fingerprint density at radius 2 is 0.944 bits per heavy atom. The molecule has 0 nitrogen and oxygen atoms in total. The van der Waals surface area contributed by atoms with Gasteiger partial charge in [0.25, 0.3) is 0 Å². The van der Waals surface area contributed by atoms with E-state index in [-0.39, 0.29) is 24.8 Å². The van der Waals surface area contributed by atoms with E-state index in [1.165, 1.54) is 33.4 Å². The van der Waals surface area contributed by atoms with Crippen LogP contribution in [0.25, 0.3) is 34.4 Å². The van der Waals surface area contributed by atoms with Crippen LogP contribution in [0.3, 0.4) is 0 Å². The van der Waals surface area contributed by atoms with E-state index in [0.29, 0.717) is 0 Å². The number of rotatable bonds is 2. The van der Waals surface area contributed by atoms with Gasteiger partial charge in [0, 0.05) is 0 Å². The SMILES string of the molecule is C[Si]1(C)C2=Cc3c(-c4ccccc4)cccc3[CH]2[Zr+2][CH]2C1=Cc1c(-c3ccccc3)cccc12.[Cl-].[Cl-]. The topological polar surface area (TPSA) is 0 Å². The smallest absolute Gasteiger partial charge is 1.00 e. The number of fused-ring (bicyclic) bond motifs is 6. The van der Waals surface area contributed by atoms with Crippen molar-refractivity contribution in [1.82, 2.24) is 0 Å². The molecule has 1 saturated heterocycles. The second-order valence-corrected chi connectivity index (χ2v) is 18.3. The molecular formula is C32H26Cl2SiZr. The van der Waals surface area contributed by atoms with Gasteiger partial charge in [-0.3, -0.25) is 0 Å². The van der Waals surface area contributed by atoms with Gasteiger partial charge in [-0.1, -0.05) is 0 Å². The zero-order valence-corrected chi connectivity index (χ0v) is 25.3. The molecule has 0 radical (unpaired) electrons. The minimum Gasteiger partial charge on any atom is -1.00 e. The van der Waals surface area contributed by atoms with Crippen LogP contribution in [-0.2, 0) is 23.2 Å². The van der Waals surface area contributed by atoms with Crippen LogP contribution < -0.4 is 24.8 Å². The molecule has 2 atom stereocenters. The third kappa shape index (κ3) is 3.81. The molecular weight excluding hydrogens is 575 g/mol. The maximum Gasteiger partial charge on any atom is -1.00 e. The quantitative estimate of drug-likeness (QED) is 0.311. The molecule has 0 bridgehead atoms. The van der Waals surface area contributed by atoms with E-state index in [2.05, 4.69) is 122 Å². The summed E-state index contributed by atoms with van der Waals surface area (Å²) in [5.74, 6) is 0. The average molecular weight is 601 g/mol. The van der Waals surface area contributed by atoms with Crippen LogP contribution in [0.2, 0.25) is 13.1 Å². The average Bonchev–Trinajstić information content (AvgIpc) is 3.45. The van der Waals surface area contributed by atoms with Crippen LogP contribution in [0, 0.1) is 0 Å².